The maximum Gasteiger partial charge on any atom is 0.242 e. The van der Waals surface area contributed by atoms with Gasteiger partial charge in [-0.25, -0.2) is 13.2 Å². The van der Waals surface area contributed by atoms with Crippen LogP contribution in [0.4, 0.5) is 13.2 Å². The number of amides is 3. The summed E-state index contributed by atoms with van der Waals surface area (Å²) in [5, 5.41) is 14.3. The number of nitrogens with zero attached hydrogens (tertiary/aromatic N) is 2. The molecule has 0 aliphatic carbocycles. The van der Waals surface area contributed by atoms with Crippen LogP contribution < -0.4 is 16.4 Å². The number of hydrogen-bond donors (Lipinski definition) is 3. The van der Waals surface area contributed by atoms with E-state index in [1.54, 1.807) is 13.8 Å². The third-order valence-corrected chi connectivity index (χ3v) is 5.82. The minimum atomic E-state index is -1.36. The van der Waals surface area contributed by atoms with Crippen LogP contribution in [0.1, 0.15) is 45.6 Å². The van der Waals surface area contributed by atoms with Crippen molar-refractivity contribution in [2.45, 2.75) is 70.6 Å². The first-order valence-corrected chi connectivity index (χ1v) is 11.1. The molecule has 0 spiro atoms. The van der Waals surface area contributed by atoms with Gasteiger partial charge in [0.2, 0.25) is 17.7 Å². The Balaban J connectivity index is 2.18. The van der Waals surface area contributed by atoms with Crippen molar-refractivity contribution >= 4 is 17.7 Å². The van der Waals surface area contributed by atoms with Gasteiger partial charge >= 0.3 is 0 Å². The van der Waals surface area contributed by atoms with Gasteiger partial charge in [-0.2, -0.15) is 5.26 Å². The van der Waals surface area contributed by atoms with Gasteiger partial charge in [0.25, 0.3) is 0 Å². The second-order valence-electron chi connectivity index (χ2n) is 8.85. The number of nitriles is 1. The van der Waals surface area contributed by atoms with Gasteiger partial charge in [-0.3, -0.25) is 14.4 Å². The first kappa shape index (κ1) is 27.1. The van der Waals surface area contributed by atoms with E-state index >= 15 is 0 Å². The number of hydrogen-bond acceptors (Lipinski definition) is 5. The Morgan fingerprint density at radius 3 is 2.38 bits per heavy atom. The summed E-state index contributed by atoms with van der Waals surface area (Å²) in [5.41, 5.74) is 5.56. The van der Waals surface area contributed by atoms with Crippen LogP contribution >= 0.6 is 0 Å². The van der Waals surface area contributed by atoms with Crippen molar-refractivity contribution in [1.29, 1.82) is 5.26 Å². The molecule has 34 heavy (non-hydrogen) atoms. The Hall–Kier alpha value is -3.13. The summed E-state index contributed by atoms with van der Waals surface area (Å²) in [6, 6.07) is -0.336. The van der Waals surface area contributed by atoms with E-state index in [4.69, 9.17) is 5.73 Å². The fraction of sp³-hybridized carbons (Fsp3) is 0.565. The molecule has 0 saturated carbocycles. The van der Waals surface area contributed by atoms with Crippen molar-refractivity contribution in [3.63, 3.8) is 0 Å². The van der Waals surface area contributed by atoms with Crippen LogP contribution in [0.15, 0.2) is 12.1 Å². The van der Waals surface area contributed by atoms with E-state index in [1.165, 1.54) is 11.8 Å². The molecular formula is C23H30F3N5O3. The van der Waals surface area contributed by atoms with Gasteiger partial charge in [0.15, 0.2) is 11.6 Å². The molecule has 8 nitrogen and oxygen atoms in total. The number of benzene rings is 1. The second-order valence-corrected chi connectivity index (χ2v) is 8.85. The van der Waals surface area contributed by atoms with Crippen LogP contribution in [-0.2, 0) is 20.8 Å². The fourth-order valence-electron chi connectivity index (χ4n) is 3.69. The third kappa shape index (κ3) is 6.93. The quantitative estimate of drug-likeness (QED) is 0.461. The Morgan fingerprint density at radius 2 is 1.76 bits per heavy atom. The number of rotatable bonds is 9. The zero-order chi connectivity index (χ0) is 25.6. The molecule has 1 saturated heterocycles. The lowest BCUT2D eigenvalue weighted by atomic mass is 10.0. The van der Waals surface area contributed by atoms with Gasteiger partial charge < -0.3 is 21.3 Å². The maximum atomic E-state index is 14.2. The summed E-state index contributed by atoms with van der Waals surface area (Å²) in [6.07, 6.45) is 0.570. The molecule has 3 amide bonds. The predicted octanol–water partition coefficient (Wildman–Crippen LogP) is 1.52. The monoisotopic (exact) mass is 481 g/mol. The van der Waals surface area contributed by atoms with Crippen molar-refractivity contribution in [2.24, 2.45) is 11.7 Å². The zero-order valence-corrected chi connectivity index (χ0v) is 19.4. The largest absolute Gasteiger partial charge is 0.351 e. The molecule has 11 heteroatoms. The molecule has 0 aromatic heterocycles. The fourth-order valence-corrected chi connectivity index (χ4v) is 3.69. The zero-order valence-electron chi connectivity index (χ0n) is 19.4. The van der Waals surface area contributed by atoms with E-state index in [-0.39, 0.29) is 24.3 Å². The number of carbonyl (C=O) groups is 3. The smallest absolute Gasteiger partial charge is 0.242 e. The molecule has 4 N–H and O–H groups in total. The molecule has 1 aromatic rings. The van der Waals surface area contributed by atoms with E-state index in [0.29, 0.717) is 31.5 Å². The van der Waals surface area contributed by atoms with Crippen LogP contribution in [0.25, 0.3) is 0 Å². The molecule has 4 atom stereocenters. The summed E-state index contributed by atoms with van der Waals surface area (Å²) < 4.78 is 41.3. The highest BCUT2D eigenvalue weighted by Gasteiger charge is 2.31. The van der Waals surface area contributed by atoms with Gasteiger partial charge in [0, 0.05) is 25.1 Å². The summed E-state index contributed by atoms with van der Waals surface area (Å²) in [4.78, 5) is 39.1. The van der Waals surface area contributed by atoms with Gasteiger partial charge in [-0.05, 0) is 43.7 Å². The molecular weight excluding hydrogens is 451 g/mol. The van der Waals surface area contributed by atoms with E-state index in [1.807, 2.05) is 6.07 Å². The first-order chi connectivity index (χ1) is 15.9. The average Bonchev–Trinajstić information content (AvgIpc) is 3.25. The highest BCUT2D eigenvalue weighted by molar-refractivity contribution is 5.90. The van der Waals surface area contributed by atoms with Crippen LogP contribution in [0.2, 0.25) is 0 Å². The van der Waals surface area contributed by atoms with Crippen molar-refractivity contribution < 1.29 is 27.6 Å². The number of carbonyl (C=O) groups excluding carboxylic acids is 3. The number of likely N-dealkylation sites (tertiary alicyclic amines) is 1. The van der Waals surface area contributed by atoms with Gasteiger partial charge in [-0.15, -0.1) is 0 Å². The van der Waals surface area contributed by atoms with Crippen LogP contribution in [0, 0.1) is 34.7 Å². The van der Waals surface area contributed by atoms with Crippen molar-refractivity contribution in [3.8, 4) is 6.07 Å². The highest BCUT2D eigenvalue weighted by Crippen LogP contribution is 2.20. The standard InChI is InChI=1S/C23H30F3N5O3/c1-12(2)21(28)23(34)29-13(3)22(33)30-15(7-14-8-18(25)19(26)10-17(14)24)9-20(32)31-6-4-5-16(31)11-27/h8,10,12-13,15-16,21H,4-7,9,28H2,1-3H3,(H,29,34)(H,30,33)/t13?,15-,16?,21?/m1/s1. The Bertz CT molecular complexity index is 966. The Labute approximate surface area is 196 Å². The Morgan fingerprint density at radius 1 is 1.12 bits per heavy atom. The number of halogens is 3. The average molecular weight is 482 g/mol. The summed E-state index contributed by atoms with van der Waals surface area (Å²) in [5.74, 6) is -5.44. The lowest BCUT2D eigenvalue weighted by Gasteiger charge is -2.26. The SMILES string of the molecule is CC(NC(=O)C(N)C(C)C)C(=O)N[C@@H](CC(=O)N1CCCC1C#N)Cc1cc(F)c(F)cc1F. The topological polar surface area (TPSA) is 128 Å². The highest BCUT2D eigenvalue weighted by atomic mass is 19.2. The molecule has 1 fully saturated rings. The molecule has 3 unspecified atom stereocenters. The lowest BCUT2D eigenvalue weighted by molar-refractivity contribution is -0.133. The second kappa shape index (κ2) is 11.8. The van der Waals surface area contributed by atoms with Crippen molar-refractivity contribution in [2.75, 3.05) is 6.54 Å². The van der Waals surface area contributed by atoms with E-state index in [9.17, 15) is 32.8 Å². The van der Waals surface area contributed by atoms with E-state index in [2.05, 4.69) is 10.6 Å². The summed E-state index contributed by atoms with van der Waals surface area (Å²) >= 11 is 0. The normalized spacial score (nSPS) is 18.2. The first-order valence-electron chi connectivity index (χ1n) is 11.1. The molecule has 0 radical (unpaired) electrons. The van der Waals surface area contributed by atoms with E-state index in [0.717, 1.165) is 0 Å². The molecule has 1 aliphatic heterocycles. The predicted molar refractivity (Wildman–Crippen MR) is 117 cm³/mol. The van der Waals surface area contributed by atoms with Gasteiger partial charge in [0.1, 0.15) is 17.9 Å². The lowest BCUT2D eigenvalue weighted by Crippen LogP contribution is -2.54. The van der Waals surface area contributed by atoms with Crippen LogP contribution in [-0.4, -0.2) is 53.3 Å². The van der Waals surface area contributed by atoms with E-state index < -0.39 is 59.3 Å². The molecule has 1 aromatic carbocycles. The third-order valence-electron chi connectivity index (χ3n) is 5.82. The van der Waals surface area contributed by atoms with Gasteiger partial charge in [0.05, 0.1) is 12.1 Å². The molecule has 1 heterocycles. The van der Waals surface area contributed by atoms with Crippen LogP contribution in [0.5, 0.6) is 0 Å². The number of nitrogens with two attached hydrogens (primary N) is 1. The summed E-state index contributed by atoms with van der Waals surface area (Å²) in [6.45, 7) is 5.29. The summed E-state index contributed by atoms with van der Waals surface area (Å²) in [7, 11) is 0. The van der Waals surface area contributed by atoms with Crippen molar-refractivity contribution in [1.82, 2.24) is 15.5 Å². The maximum absolute atomic E-state index is 14.2. The minimum Gasteiger partial charge on any atom is -0.351 e. The minimum absolute atomic E-state index is 0.162. The molecule has 186 valence electrons. The molecule has 0 bridgehead atoms. The van der Waals surface area contributed by atoms with Crippen molar-refractivity contribution in [3.05, 3.63) is 35.1 Å². The number of nitrogens with one attached hydrogen (secondary N) is 2. The molecule has 1 aliphatic rings. The Kier molecular flexibility index (Phi) is 9.44. The van der Waals surface area contributed by atoms with Crippen LogP contribution in [0.3, 0.4) is 0 Å². The molecule has 2 rings (SSSR count). The van der Waals surface area contributed by atoms with Gasteiger partial charge in [-0.1, -0.05) is 13.8 Å².